The molecule has 1 N–H and O–H groups in total. The molecule has 5 heteroatoms. The van der Waals surface area contributed by atoms with Gasteiger partial charge >= 0.3 is 0 Å². The van der Waals surface area contributed by atoms with Crippen LogP contribution in [0.3, 0.4) is 0 Å². The van der Waals surface area contributed by atoms with Crippen LogP contribution in [0.1, 0.15) is 30.7 Å². The highest BCUT2D eigenvalue weighted by Gasteiger charge is 2.57. The zero-order chi connectivity index (χ0) is 17.3. The van der Waals surface area contributed by atoms with Crippen LogP contribution in [0.25, 0.3) is 0 Å². The second-order valence-electron chi connectivity index (χ2n) is 6.28. The van der Waals surface area contributed by atoms with Crippen LogP contribution < -0.4 is 0 Å². The third kappa shape index (κ3) is 2.12. The lowest BCUT2D eigenvalue weighted by atomic mass is 9.53. The Morgan fingerprint density at radius 1 is 1.21 bits per heavy atom. The molecule has 118 valence electrons. The van der Waals surface area contributed by atoms with E-state index in [2.05, 4.69) is 6.07 Å². The average molecular weight is 318 g/mol. The van der Waals surface area contributed by atoms with E-state index in [1.807, 2.05) is 18.2 Å². The Morgan fingerprint density at radius 3 is 2.58 bits per heavy atom. The first-order valence-electron chi connectivity index (χ1n) is 7.85. The summed E-state index contributed by atoms with van der Waals surface area (Å²) in [4.78, 5) is 0. The topological polar surface area (TPSA) is 95.2 Å². The van der Waals surface area contributed by atoms with Gasteiger partial charge in [0.2, 0.25) is 0 Å². The summed E-state index contributed by atoms with van der Waals surface area (Å²) in [7, 11) is 0. The second-order valence-corrected chi connectivity index (χ2v) is 6.28. The van der Waals surface area contributed by atoms with Crippen LogP contribution in [-0.4, -0.2) is 5.71 Å². The maximum atomic E-state index is 13.8. The first-order valence-corrected chi connectivity index (χ1v) is 7.85. The second kappa shape index (κ2) is 5.91. The number of nitrogens with one attached hydrogen (secondary N) is 1. The summed E-state index contributed by atoms with van der Waals surface area (Å²) in [6, 6.07) is 12.0. The van der Waals surface area contributed by atoms with Crippen molar-refractivity contribution >= 4 is 5.71 Å². The Hall–Kier alpha value is -2.97. The van der Waals surface area contributed by atoms with Crippen LogP contribution >= 0.6 is 0 Å². The fourth-order valence-corrected chi connectivity index (χ4v) is 4.09. The van der Waals surface area contributed by atoms with Crippen LogP contribution in [0, 0.1) is 62.5 Å². The van der Waals surface area contributed by atoms with Crippen molar-refractivity contribution in [3.8, 4) is 18.2 Å². The van der Waals surface area contributed by atoms with Crippen molar-refractivity contribution in [1.82, 2.24) is 0 Å². The summed E-state index contributed by atoms with van der Waals surface area (Å²) in [6.07, 6.45) is 4.39. The van der Waals surface area contributed by atoms with E-state index in [1.54, 1.807) is 12.1 Å². The number of benzene rings is 1. The van der Waals surface area contributed by atoms with Crippen LogP contribution in [0.2, 0.25) is 0 Å². The summed E-state index contributed by atoms with van der Waals surface area (Å²) >= 11 is 0. The molecule has 3 atom stereocenters. The molecule has 0 aromatic heterocycles. The minimum atomic E-state index is -1.74. The van der Waals surface area contributed by atoms with Gasteiger partial charge in [-0.25, -0.2) is 4.39 Å². The molecule has 24 heavy (non-hydrogen) atoms. The number of fused-ring (bicyclic) bond motifs is 1. The van der Waals surface area contributed by atoms with Crippen molar-refractivity contribution in [3.63, 3.8) is 0 Å². The quantitative estimate of drug-likeness (QED) is 0.797. The zero-order valence-corrected chi connectivity index (χ0v) is 13.0. The summed E-state index contributed by atoms with van der Waals surface area (Å²) in [5.74, 6) is -2.11. The number of nitrogens with zero attached hydrogens (tertiary/aromatic N) is 3. The van der Waals surface area contributed by atoms with E-state index in [9.17, 15) is 20.2 Å². The molecule has 2 aliphatic rings. The van der Waals surface area contributed by atoms with E-state index < -0.39 is 23.1 Å². The molecular weight excluding hydrogens is 303 g/mol. The Balaban J connectivity index is 2.27. The molecule has 4 nitrogen and oxygen atoms in total. The van der Waals surface area contributed by atoms with Crippen LogP contribution in [0.4, 0.5) is 4.39 Å². The molecule has 0 spiro atoms. The van der Waals surface area contributed by atoms with E-state index in [0.29, 0.717) is 5.56 Å². The van der Waals surface area contributed by atoms with Gasteiger partial charge < -0.3 is 5.41 Å². The molecule has 3 rings (SSSR count). The molecule has 0 aliphatic heterocycles. The molecule has 1 fully saturated rings. The minimum Gasteiger partial charge on any atom is -0.305 e. The van der Waals surface area contributed by atoms with Gasteiger partial charge in [-0.05, 0) is 48.4 Å². The Morgan fingerprint density at radius 2 is 1.96 bits per heavy atom. The minimum absolute atomic E-state index is 0.186. The zero-order valence-electron chi connectivity index (χ0n) is 13.0. The number of hydrogen-bond acceptors (Lipinski definition) is 4. The van der Waals surface area contributed by atoms with Gasteiger partial charge in [0.15, 0.2) is 5.41 Å². The lowest BCUT2D eigenvalue weighted by Gasteiger charge is -2.45. The lowest BCUT2D eigenvalue weighted by Crippen LogP contribution is -2.48. The van der Waals surface area contributed by atoms with Gasteiger partial charge in [0.1, 0.15) is 11.7 Å². The average Bonchev–Trinajstić information content (AvgIpc) is 2.61. The van der Waals surface area contributed by atoms with Crippen molar-refractivity contribution in [2.45, 2.75) is 25.2 Å². The summed E-state index contributed by atoms with van der Waals surface area (Å²) in [5.41, 5.74) is -0.581. The van der Waals surface area contributed by atoms with Crippen molar-refractivity contribution in [1.29, 1.82) is 21.2 Å². The molecule has 0 amide bonds. The number of allylic oxidation sites excluding steroid dienone is 2. The standard InChI is InChI=1S/C19H15FN4/c20-13-5-3-4-12(8-13)17-15-7-2-1-6-14(15)16(9-21)18(24)19(17,10-22)11-23/h3-6,8,15-17,24H,1-2,7H2/t15-,16+,17-/m1/s1. The fourth-order valence-electron chi connectivity index (χ4n) is 4.09. The van der Waals surface area contributed by atoms with Gasteiger partial charge in [-0.15, -0.1) is 0 Å². The van der Waals surface area contributed by atoms with E-state index in [4.69, 9.17) is 5.41 Å². The number of halogens is 1. The molecule has 0 bridgehead atoms. The first-order chi connectivity index (χ1) is 11.6. The largest absolute Gasteiger partial charge is 0.305 e. The van der Waals surface area contributed by atoms with E-state index in [0.717, 1.165) is 24.8 Å². The van der Waals surface area contributed by atoms with Crippen molar-refractivity contribution < 1.29 is 4.39 Å². The van der Waals surface area contributed by atoms with Crippen molar-refractivity contribution in [2.75, 3.05) is 0 Å². The molecular formula is C19H15FN4. The third-order valence-electron chi connectivity index (χ3n) is 5.13. The van der Waals surface area contributed by atoms with Crippen molar-refractivity contribution in [3.05, 3.63) is 47.3 Å². The number of nitriles is 3. The van der Waals surface area contributed by atoms with Gasteiger partial charge in [0.05, 0.1) is 23.9 Å². The van der Waals surface area contributed by atoms with Gasteiger partial charge in [-0.1, -0.05) is 18.2 Å². The number of hydrogen-bond donors (Lipinski definition) is 1. The Kier molecular flexibility index (Phi) is 3.92. The smallest absolute Gasteiger partial charge is 0.189 e. The first kappa shape index (κ1) is 15.9. The van der Waals surface area contributed by atoms with Crippen LogP contribution in [-0.2, 0) is 0 Å². The third-order valence-corrected chi connectivity index (χ3v) is 5.13. The normalized spacial score (nSPS) is 27.8. The van der Waals surface area contributed by atoms with Crippen LogP contribution in [0.5, 0.6) is 0 Å². The van der Waals surface area contributed by atoms with Gasteiger partial charge in [-0.3, -0.25) is 0 Å². The maximum Gasteiger partial charge on any atom is 0.189 e. The highest BCUT2D eigenvalue weighted by atomic mass is 19.1. The molecule has 1 aromatic rings. The molecule has 0 heterocycles. The van der Waals surface area contributed by atoms with E-state index in [1.165, 1.54) is 12.1 Å². The van der Waals surface area contributed by atoms with Crippen LogP contribution in [0.15, 0.2) is 35.9 Å². The monoisotopic (exact) mass is 318 g/mol. The van der Waals surface area contributed by atoms with E-state index in [-0.39, 0.29) is 11.6 Å². The van der Waals surface area contributed by atoms with Gasteiger partial charge in [0.25, 0.3) is 0 Å². The molecule has 0 saturated heterocycles. The molecule has 2 aliphatic carbocycles. The Bertz CT molecular complexity index is 835. The molecule has 1 aromatic carbocycles. The summed E-state index contributed by atoms with van der Waals surface area (Å²) in [5, 5.41) is 37.5. The highest BCUT2D eigenvalue weighted by molar-refractivity contribution is 6.00. The van der Waals surface area contributed by atoms with Crippen molar-refractivity contribution in [2.24, 2.45) is 17.3 Å². The predicted octanol–water partition coefficient (Wildman–Crippen LogP) is 3.84. The van der Waals surface area contributed by atoms with Gasteiger partial charge in [0, 0.05) is 5.92 Å². The Labute approximate surface area is 140 Å². The number of rotatable bonds is 1. The lowest BCUT2D eigenvalue weighted by molar-refractivity contribution is 0.319. The fraction of sp³-hybridized carbons (Fsp3) is 0.368. The predicted molar refractivity (Wildman–Crippen MR) is 85.1 cm³/mol. The highest BCUT2D eigenvalue weighted by Crippen LogP contribution is 2.55. The molecule has 1 saturated carbocycles. The molecule has 0 unspecified atom stereocenters. The van der Waals surface area contributed by atoms with E-state index >= 15 is 0 Å². The SMILES string of the molecule is N#C[C@@H]1C(=N)C(C#N)(C#N)[C@H](c2cccc(F)c2)[C@@H]2CCCC=C12. The summed E-state index contributed by atoms with van der Waals surface area (Å²) < 4.78 is 13.8. The van der Waals surface area contributed by atoms with Gasteiger partial charge in [-0.2, -0.15) is 15.8 Å². The maximum absolute atomic E-state index is 13.8. The summed E-state index contributed by atoms with van der Waals surface area (Å²) in [6.45, 7) is 0. The molecule has 0 radical (unpaired) electrons.